The fourth-order valence-corrected chi connectivity index (χ4v) is 4.37. The first-order chi connectivity index (χ1) is 8.01. The first-order valence-corrected chi connectivity index (χ1v) is 8.02. The minimum absolute atomic E-state index is 0. The van der Waals surface area contributed by atoms with Gasteiger partial charge in [0.2, 0.25) is 10.0 Å². The molecular formula is C11H16ClIN2O2S. The SMILES string of the molecule is CC1CNCCN1S(=O)(=O)c1cccc(I)c1.Cl. The van der Waals surface area contributed by atoms with E-state index in [4.69, 9.17) is 0 Å². The first-order valence-electron chi connectivity index (χ1n) is 5.50. The number of benzene rings is 1. The van der Waals surface area contributed by atoms with Crippen LogP contribution in [0.15, 0.2) is 29.2 Å². The predicted molar refractivity (Wildman–Crippen MR) is 82.6 cm³/mol. The topological polar surface area (TPSA) is 49.4 Å². The van der Waals surface area contributed by atoms with Gasteiger partial charge in [0.15, 0.2) is 0 Å². The minimum Gasteiger partial charge on any atom is -0.314 e. The van der Waals surface area contributed by atoms with Crippen LogP contribution < -0.4 is 5.32 Å². The number of rotatable bonds is 2. The normalized spacial score (nSPS) is 21.3. The fourth-order valence-electron chi connectivity index (χ4n) is 1.94. The molecule has 0 radical (unpaired) electrons. The molecule has 0 bridgehead atoms. The van der Waals surface area contributed by atoms with E-state index in [9.17, 15) is 8.42 Å². The van der Waals surface area contributed by atoms with Crippen molar-refractivity contribution >= 4 is 45.0 Å². The summed E-state index contributed by atoms with van der Waals surface area (Å²) in [5, 5.41) is 3.19. The van der Waals surface area contributed by atoms with E-state index in [2.05, 4.69) is 27.9 Å². The standard InChI is InChI=1S/C11H15IN2O2S.ClH/c1-9-8-13-5-6-14(9)17(15,16)11-4-2-3-10(12)7-11;/h2-4,7,9,13H,5-6,8H2,1H3;1H. The maximum atomic E-state index is 12.4. The average Bonchev–Trinajstić information content (AvgIpc) is 2.29. The Morgan fingerprint density at radius 1 is 1.44 bits per heavy atom. The Hall–Kier alpha value is 0.110. The van der Waals surface area contributed by atoms with Crippen LogP contribution in [-0.2, 0) is 10.0 Å². The summed E-state index contributed by atoms with van der Waals surface area (Å²) in [5.74, 6) is 0. The maximum Gasteiger partial charge on any atom is 0.243 e. The van der Waals surface area contributed by atoms with Crippen LogP contribution in [0.4, 0.5) is 0 Å². The molecule has 102 valence electrons. The van der Waals surface area contributed by atoms with Crippen LogP contribution >= 0.6 is 35.0 Å². The highest BCUT2D eigenvalue weighted by molar-refractivity contribution is 14.1. The summed E-state index contributed by atoms with van der Waals surface area (Å²) >= 11 is 2.13. The highest BCUT2D eigenvalue weighted by Gasteiger charge is 2.30. The summed E-state index contributed by atoms with van der Waals surface area (Å²) in [5.41, 5.74) is 0. The van der Waals surface area contributed by atoms with Gasteiger partial charge in [0.1, 0.15) is 0 Å². The van der Waals surface area contributed by atoms with Crippen LogP contribution in [0.25, 0.3) is 0 Å². The second kappa shape index (κ2) is 6.51. The Balaban J connectivity index is 0.00000162. The lowest BCUT2D eigenvalue weighted by Crippen LogP contribution is -2.52. The van der Waals surface area contributed by atoms with Crippen molar-refractivity contribution in [3.63, 3.8) is 0 Å². The van der Waals surface area contributed by atoms with Crippen LogP contribution in [0, 0.1) is 3.57 Å². The molecule has 1 heterocycles. The Morgan fingerprint density at radius 2 is 2.17 bits per heavy atom. The number of sulfonamides is 1. The Bertz CT molecular complexity index is 510. The van der Waals surface area contributed by atoms with E-state index in [0.717, 1.165) is 3.57 Å². The minimum atomic E-state index is -3.35. The second-order valence-corrected chi connectivity index (χ2v) is 7.26. The van der Waals surface area contributed by atoms with E-state index in [-0.39, 0.29) is 18.4 Å². The molecule has 1 atom stereocenters. The van der Waals surface area contributed by atoms with Crippen molar-refractivity contribution < 1.29 is 8.42 Å². The molecule has 1 aliphatic heterocycles. The fraction of sp³-hybridized carbons (Fsp3) is 0.455. The van der Waals surface area contributed by atoms with E-state index in [1.165, 1.54) is 0 Å². The van der Waals surface area contributed by atoms with Gasteiger partial charge in [0.05, 0.1) is 4.90 Å². The summed E-state index contributed by atoms with van der Waals surface area (Å²) < 4.78 is 27.4. The monoisotopic (exact) mass is 402 g/mol. The van der Waals surface area contributed by atoms with E-state index in [0.29, 0.717) is 24.5 Å². The molecule has 0 saturated carbocycles. The van der Waals surface area contributed by atoms with Gasteiger partial charge in [-0.05, 0) is 47.7 Å². The van der Waals surface area contributed by atoms with Crippen LogP contribution in [0.1, 0.15) is 6.92 Å². The molecule has 2 rings (SSSR count). The summed E-state index contributed by atoms with van der Waals surface area (Å²) in [6.07, 6.45) is 0. The molecule has 1 aromatic carbocycles. The maximum absolute atomic E-state index is 12.4. The third kappa shape index (κ3) is 3.36. The Labute approximate surface area is 128 Å². The molecule has 0 aliphatic carbocycles. The number of nitrogens with one attached hydrogen (secondary N) is 1. The van der Waals surface area contributed by atoms with E-state index < -0.39 is 10.0 Å². The smallest absolute Gasteiger partial charge is 0.243 e. The molecule has 0 aromatic heterocycles. The molecule has 1 aromatic rings. The summed E-state index contributed by atoms with van der Waals surface area (Å²) in [4.78, 5) is 0.387. The van der Waals surface area contributed by atoms with E-state index in [1.807, 2.05) is 13.0 Å². The molecule has 1 saturated heterocycles. The quantitative estimate of drug-likeness (QED) is 0.766. The third-order valence-corrected chi connectivity index (χ3v) is 5.52. The van der Waals surface area contributed by atoms with Gasteiger partial charge < -0.3 is 5.32 Å². The molecule has 0 amide bonds. The number of halogens is 2. The number of hydrogen-bond acceptors (Lipinski definition) is 3. The highest BCUT2D eigenvalue weighted by Crippen LogP contribution is 2.20. The molecule has 0 spiro atoms. The van der Waals surface area contributed by atoms with Gasteiger partial charge in [0, 0.05) is 29.2 Å². The Kier molecular flexibility index (Phi) is 5.85. The van der Waals surface area contributed by atoms with Crippen molar-refractivity contribution in [2.45, 2.75) is 17.9 Å². The van der Waals surface area contributed by atoms with Crippen LogP contribution in [0.5, 0.6) is 0 Å². The number of nitrogens with zero attached hydrogens (tertiary/aromatic N) is 1. The number of piperazine rings is 1. The largest absolute Gasteiger partial charge is 0.314 e. The van der Waals surface area contributed by atoms with Gasteiger partial charge in [-0.2, -0.15) is 4.31 Å². The lowest BCUT2D eigenvalue weighted by atomic mass is 10.3. The molecular weight excluding hydrogens is 387 g/mol. The summed E-state index contributed by atoms with van der Waals surface area (Å²) in [6.45, 7) is 3.89. The number of hydrogen-bond donors (Lipinski definition) is 1. The van der Waals surface area contributed by atoms with E-state index >= 15 is 0 Å². The predicted octanol–water partition coefficient (Wildman–Crippen LogP) is 1.70. The Morgan fingerprint density at radius 3 is 2.78 bits per heavy atom. The summed E-state index contributed by atoms with van der Waals surface area (Å²) in [6, 6.07) is 7.05. The lowest BCUT2D eigenvalue weighted by Gasteiger charge is -2.32. The van der Waals surface area contributed by atoms with Gasteiger partial charge in [-0.1, -0.05) is 6.07 Å². The van der Waals surface area contributed by atoms with Crippen molar-refractivity contribution in [1.29, 1.82) is 0 Å². The van der Waals surface area contributed by atoms with Crippen molar-refractivity contribution in [3.8, 4) is 0 Å². The zero-order chi connectivity index (χ0) is 12.5. The molecule has 4 nitrogen and oxygen atoms in total. The van der Waals surface area contributed by atoms with Gasteiger partial charge >= 0.3 is 0 Å². The summed E-state index contributed by atoms with van der Waals surface area (Å²) in [7, 11) is -3.35. The average molecular weight is 403 g/mol. The zero-order valence-corrected chi connectivity index (χ0v) is 13.8. The van der Waals surface area contributed by atoms with Gasteiger partial charge in [-0.15, -0.1) is 12.4 Å². The van der Waals surface area contributed by atoms with Crippen LogP contribution in [-0.4, -0.2) is 38.4 Å². The van der Waals surface area contributed by atoms with Crippen LogP contribution in [0.3, 0.4) is 0 Å². The van der Waals surface area contributed by atoms with E-state index in [1.54, 1.807) is 22.5 Å². The van der Waals surface area contributed by atoms with Crippen LogP contribution in [0.2, 0.25) is 0 Å². The van der Waals surface area contributed by atoms with Gasteiger partial charge in [-0.25, -0.2) is 8.42 Å². The zero-order valence-electron chi connectivity index (χ0n) is 9.97. The van der Waals surface area contributed by atoms with Crippen molar-refractivity contribution in [2.24, 2.45) is 0 Å². The van der Waals surface area contributed by atoms with Crippen molar-refractivity contribution in [2.75, 3.05) is 19.6 Å². The molecule has 1 aliphatic rings. The molecule has 1 fully saturated rings. The highest BCUT2D eigenvalue weighted by atomic mass is 127. The molecule has 18 heavy (non-hydrogen) atoms. The molecule has 7 heteroatoms. The van der Waals surface area contributed by atoms with Crippen molar-refractivity contribution in [3.05, 3.63) is 27.8 Å². The molecule has 1 N–H and O–H groups in total. The van der Waals surface area contributed by atoms with Gasteiger partial charge in [-0.3, -0.25) is 0 Å². The first kappa shape index (κ1) is 16.2. The molecule has 1 unspecified atom stereocenters. The van der Waals surface area contributed by atoms with Crippen molar-refractivity contribution in [1.82, 2.24) is 9.62 Å². The second-order valence-electron chi connectivity index (χ2n) is 4.13. The third-order valence-electron chi connectivity index (χ3n) is 2.84. The van der Waals surface area contributed by atoms with Gasteiger partial charge in [0.25, 0.3) is 0 Å². The lowest BCUT2D eigenvalue weighted by molar-refractivity contribution is 0.284.